The Bertz CT molecular complexity index is 173. The molecule has 0 spiro atoms. The molecular formula is C9H18N2O2. The molecule has 1 fully saturated rings. The molecule has 1 aliphatic rings. The van der Waals surface area contributed by atoms with Crippen molar-refractivity contribution in [2.24, 2.45) is 5.73 Å². The first kappa shape index (κ1) is 10.5. The van der Waals surface area contributed by atoms with E-state index in [0.29, 0.717) is 18.6 Å². The number of hydrogen-bond donors (Lipinski definition) is 3. The minimum Gasteiger partial charge on any atom is -0.481 e. The van der Waals surface area contributed by atoms with Crippen LogP contribution in [-0.4, -0.2) is 29.7 Å². The highest BCUT2D eigenvalue weighted by atomic mass is 16.4. The highest BCUT2D eigenvalue weighted by Gasteiger charge is 2.18. The van der Waals surface area contributed by atoms with Crippen LogP contribution in [0.2, 0.25) is 0 Å². The minimum absolute atomic E-state index is 0.200. The SMILES string of the molecule is NC1CCCC(NCCC(=O)O)C1. The van der Waals surface area contributed by atoms with Gasteiger partial charge in [0.05, 0.1) is 6.42 Å². The summed E-state index contributed by atoms with van der Waals surface area (Å²) in [6.07, 6.45) is 4.59. The number of nitrogens with one attached hydrogen (secondary N) is 1. The fourth-order valence-electron chi connectivity index (χ4n) is 1.80. The Morgan fingerprint density at radius 1 is 1.54 bits per heavy atom. The number of nitrogens with two attached hydrogens (primary N) is 1. The second kappa shape index (κ2) is 5.19. The first-order chi connectivity index (χ1) is 6.18. The van der Waals surface area contributed by atoms with E-state index in [1.54, 1.807) is 0 Å². The van der Waals surface area contributed by atoms with Crippen molar-refractivity contribution in [1.82, 2.24) is 5.32 Å². The van der Waals surface area contributed by atoms with Crippen LogP contribution in [0.5, 0.6) is 0 Å². The van der Waals surface area contributed by atoms with Crippen molar-refractivity contribution in [3.8, 4) is 0 Å². The maximum atomic E-state index is 10.2. The molecule has 0 radical (unpaired) electrons. The third-order valence-electron chi connectivity index (χ3n) is 2.49. The van der Waals surface area contributed by atoms with E-state index in [2.05, 4.69) is 5.32 Å². The number of rotatable bonds is 4. The topological polar surface area (TPSA) is 75.3 Å². The fraction of sp³-hybridized carbons (Fsp3) is 0.889. The van der Waals surface area contributed by atoms with Gasteiger partial charge in [0.2, 0.25) is 0 Å². The molecule has 0 bridgehead atoms. The molecule has 0 aliphatic heterocycles. The van der Waals surface area contributed by atoms with Gasteiger partial charge in [0.25, 0.3) is 0 Å². The van der Waals surface area contributed by atoms with E-state index in [1.807, 2.05) is 0 Å². The average Bonchev–Trinajstić information content (AvgIpc) is 2.03. The number of carboxylic acid groups (broad SMARTS) is 1. The van der Waals surface area contributed by atoms with Crippen LogP contribution in [0.15, 0.2) is 0 Å². The van der Waals surface area contributed by atoms with Gasteiger partial charge in [-0.25, -0.2) is 0 Å². The van der Waals surface area contributed by atoms with Gasteiger partial charge in [0.1, 0.15) is 0 Å². The first-order valence-corrected chi connectivity index (χ1v) is 4.89. The van der Waals surface area contributed by atoms with E-state index in [1.165, 1.54) is 0 Å². The summed E-state index contributed by atoms with van der Waals surface area (Å²) >= 11 is 0. The molecule has 2 unspecified atom stereocenters. The zero-order chi connectivity index (χ0) is 9.68. The molecule has 4 heteroatoms. The lowest BCUT2D eigenvalue weighted by atomic mass is 9.91. The van der Waals surface area contributed by atoms with Crippen LogP contribution in [0.1, 0.15) is 32.1 Å². The smallest absolute Gasteiger partial charge is 0.304 e. The molecule has 0 aromatic rings. The molecule has 0 saturated heterocycles. The van der Waals surface area contributed by atoms with Crippen molar-refractivity contribution >= 4 is 5.97 Å². The molecule has 0 aromatic heterocycles. The summed E-state index contributed by atoms with van der Waals surface area (Å²) < 4.78 is 0. The van der Waals surface area contributed by atoms with Gasteiger partial charge in [0, 0.05) is 18.6 Å². The van der Waals surface area contributed by atoms with Crippen LogP contribution in [0.3, 0.4) is 0 Å². The standard InChI is InChI=1S/C9H18N2O2/c10-7-2-1-3-8(6-7)11-5-4-9(12)13/h7-8,11H,1-6,10H2,(H,12,13). The summed E-state index contributed by atoms with van der Waals surface area (Å²) in [4.78, 5) is 10.2. The van der Waals surface area contributed by atoms with Gasteiger partial charge < -0.3 is 16.2 Å². The number of aliphatic carboxylic acids is 1. The van der Waals surface area contributed by atoms with E-state index in [9.17, 15) is 4.79 Å². The summed E-state index contributed by atoms with van der Waals surface area (Å²) in [7, 11) is 0. The van der Waals surface area contributed by atoms with Crippen LogP contribution >= 0.6 is 0 Å². The Kier molecular flexibility index (Phi) is 4.18. The predicted molar refractivity (Wildman–Crippen MR) is 50.5 cm³/mol. The van der Waals surface area contributed by atoms with Gasteiger partial charge in [-0.3, -0.25) is 4.79 Å². The third-order valence-corrected chi connectivity index (χ3v) is 2.49. The number of hydrogen-bond acceptors (Lipinski definition) is 3. The van der Waals surface area contributed by atoms with Crippen LogP contribution in [0.25, 0.3) is 0 Å². The lowest BCUT2D eigenvalue weighted by Gasteiger charge is -2.27. The normalized spacial score (nSPS) is 28.7. The Morgan fingerprint density at radius 3 is 2.92 bits per heavy atom. The Labute approximate surface area is 78.5 Å². The van der Waals surface area contributed by atoms with Crippen molar-refractivity contribution in [2.45, 2.75) is 44.2 Å². The van der Waals surface area contributed by atoms with E-state index < -0.39 is 5.97 Å². The average molecular weight is 186 g/mol. The largest absolute Gasteiger partial charge is 0.481 e. The number of carboxylic acids is 1. The van der Waals surface area contributed by atoms with Crippen molar-refractivity contribution < 1.29 is 9.90 Å². The van der Waals surface area contributed by atoms with Gasteiger partial charge in [0.15, 0.2) is 0 Å². The highest BCUT2D eigenvalue weighted by Crippen LogP contribution is 2.16. The minimum atomic E-state index is -0.743. The first-order valence-electron chi connectivity index (χ1n) is 4.89. The molecule has 76 valence electrons. The van der Waals surface area contributed by atoms with Crippen LogP contribution < -0.4 is 11.1 Å². The quantitative estimate of drug-likeness (QED) is 0.591. The molecular weight excluding hydrogens is 168 g/mol. The Hall–Kier alpha value is -0.610. The van der Waals surface area contributed by atoms with Crippen molar-refractivity contribution in [2.75, 3.05) is 6.54 Å². The van der Waals surface area contributed by atoms with Crippen LogP contribution in [0.4, 0.5) is 0 Å². The van der Waals surface area contributed by atoms with Crippen molar-refractivity contribution in [3.05, 3.63) is 0 Å². The lowest BCUT2D eigenvalue weighted by Crippen LogP contribution is -2.40. The van der Waals surface area contributed by atoms with E-state index >= 15 is 0 Å². The van der Waals surface area contributed by atoms with Crippen LogP contribution in [0, 0.1) is 0 Å². The molecule has 13 heavy (non-hydrogen) atoms. The molecule has 0 heterocycles. The van der Waals surface area contributed by atoms with Crippen molar-refractivity contribution in [3.63, 3.8) is 0 Å². The zero-order valence-electron chi connectivity index (χ0n) is 7.83. The summed E-state index contributed by atoms with van der Waals surface area (Å²) in [5.41, 5.74) is 5.80. The zero-order valence-corrected chi connectivity index (χ0v) is 7.83. The van der Waals surface area contributed by atoms with Gasteiger partial charge in [-0.15, -0.1) is 0 Å². The maximum Gasteiger partial charge on any atom is 0.304 e. The van der Waals surface area contributed by atoms with Gasteiger partial charge in [-0.1, -0.05) is 6.42 Å². The monoisotopic (exact) mass is 186 g/mol. The van der Waals surface area contributed by atoms with Crippen LogP contribution in [-0.2, 0) is 4.79 Å². The highest BCUT2D eigenvalue weighted by molar-refractivity contribution is 5.66. The van der Waals surface area contributed by atoms with Crippen molar-refractivity contribution in [1.29, 1.82) is 0 Å². The molecule has 0 amide bonds. The molecule has 2 atom stereocenters. The number of carbonyl (C=O) groups is 1. The second-order valence-corrected chi connectivity index (χ2v) is 3.72. The summed E-state index contributed by atoms with van der Waals surface area (Å²) in [6.45, 7) is 0.562. The maximum absolute atomic E-state index is 10.2. The molecule has 0 aromatic carbocycles. The van der Waals surface area contributed by atoms with Gasteiger partial charge >= 0.3 is 5.97 Å². The molecule has 1 saturated carbocycles. The summed E-state index contributed by atoms with van der Waals surface area (Å²) in [6, 6.07) is 0.735. The lowest BCUT2D eigenvalue weighted by molar-refractivity contribution is -0.136. The fourth-order valence-corrected chi connectivity index (χ4v) is 1.80. The Balaban J connectivity index is 2.10. The van der Waals surface area contributed by atoms with E-state index in [4.69, 9.17) is 10.8 Å². The van der Waals surface area contributed by atoms with E-state index in [0.717, 1.165) is 25.7 Å². The molecule has 1 rings (SSSR count). The summed E-state index contributed by atoms with van der Waals surface area (Å²) in [5, 5.41) is 11.7. The predicted octanol–water partition coefficient (Wildman–Crippen LogP) is 0.321. The third kappa shape index (κ3) is 4.24. The van der Waals surface area contributed by atoms with E-state index in [-0.39, 0.29) is 6.42 Å². The molecule has 4 nitrogen and oxygen atoms in total. The Morgan fingerprint density at radius 2 is 2.31 bits per heavy atom. The van der Waals surface area contributed by atoms with Gasteiger partial charge in [-0.05, 0) is 19.3 Å². The second-order valence-electron chi connectivity index (χ2n) is 3.72. The molecule has 4 N–H and O–H groups in total. The van der Waals surface area contributed by atoms with Gasteiger partial charge in [-0.2, -0.15) is 0 Å². The summed E-state index contributed by atoms with van der Waals surface area (Å²) in [5.74, 6) is -0.743. The molecule has 1 aliphatic carbocycles.